The van der Waals surface area contributed by atoms with Gasteiger partial charge in [0.1, 0.15) is 24.7 Å². The molecule has 0 aromatic heterocycles. The highest BCUT2D eigenvalue weighted by atomic mass is 16.6. The van der Waals surface area contributed by atoms with E-state index in [0.29, 0.717) is 43.5 Å². The molecule has 0 aliphatic carbocycles. The predicted molar refractivity (Wildman–Crippen MR) is 286 cm³/mol. The number of hydrogen-bond acceptors (Lipinski definition) is 12. The summed E-state index contributed by atoms with van der Waals surface area (Å²) in [7, 11) is 6.19. The average molecular weight is 1050 g/mol. The fourth-order valence-electron chi connectivity index (χ4n) is 9.63. The van der Waals surface area contributed by atoms with Crippen LogP contribution in [-0.2, 0) is 56.0 Å². The summed E-state index contributed by atoms with van der Waals surface area (Å²) in [6, 6.07) is 11.7. The number of carbonyl (C=O) groups excluding carboxylic acids is 8. The summed E-state index contributed by atoms with van der Waals surface area (Å²) in [6.07, 6.45) is 1.34. The molecule has 0 unspecified atom stereocenters. The number of urea groups is 1. The van der Waals surface area contributed by atoms with Gasteiger partial charge in [-0.1, -0.05) is 90.4 Å². The largest absolute Gasteiger partial charge is 0.445 e. The quantitative estimate of drug-likeness (QED) is 0.0552. The maximum absolute atomic E-state index is 14.6. The van der Waals surface area contributed by atoms with Gasteiger partial charge < -0.3 is 62.1 Å². The van der Waals surface area contributed by atoms with Crippen molar-refractivity contribution >= 4 is 53.3 Å². The van der Waals surface area contributed by atoms with Gasteiger partial charge in [0, 0.05) is 53.1 Å². The molecule has 75 heavy (non-hydrogen) atoms. The number of nitrogens with two attached hydrogens (primary N) is 2. The van der Waals surface area contributed by atoms with E-state index in [9.17, 15) is 38.4 Å². The average Bonchev–Trinajstić information content (AvgIpc) is 3.87. The number of primary amides is 1. The van der Waals surface area contributed by atoms with E-state index < -0.39 is 72.1 Å². The van der Waals surface area contributed by atoms with Crippen molar-refractivity contribution in [2.24, 2.45) is 29.2 Å². The van der Waals surface area contributed by atoms with Gasteiger partial charge in [0.15, 0.2) is 0 Å². The summed E-state index contributed by atoms with van der Waals surface area (Å²) in [6.45, 7) is 13.4. The van der Waals surface area contributed by atoms with Crippen molar-refractivity contribution in [1.29, 1.82) is 0 Å². The van der Waals surface area contributed by atoms with E-state index in [1.165, 1.54) is 19.1 Å². The molecular formula is C54H86N10O11. The van der Waals surface area contributed by atoms with Gasteiger partial charge >= 0.3 is 12.1 Å². The summed E-state index contributed by atoms with van der Waals surface area (Å²) < 4.78 is 17.6. The van der Waals surface area contributed by atoms with E-state index >= 15 is 0 Å². The second-order valence-electron chi connectivity index (χ2n) is 20.3. The normalized spacial score (nSPS) is 16.6. The number of methoxy groups -OCH3 is 2. The highest BCUT2D eigenvalue weighted by Crippen LogP contribution is 2.29. The first-order valence-electron chi connectivity index (χ1n) is 26.1. The maximum atomic E-state index is 14.6. The zero-order valence-electron chi connectivity index (χ0n) is 46.0. The smallest absolute Gasteiger partial charge is 0.410 e. The van der Waals surface area contributed by atoms with Crippen molar-refractivity contribution in [2.45, 2.75) is 155 Å². The van der Waals surface area contributed by atoms with Gasteiger partial charge in [-0.3, -0.25) is 33.7 Å². The molecule has 21 nitrogen and oxygen atoms in total. The van der Waals surface area contributed by atoms with Gasteiger partial charge in [0.05, 0.1) is 43.7 Å². The molecular weight excluding hydrogens is 965 g/mol. The Morgan fingerprint density at radius 2 is 1.45 bits per heavy atom. The molecule has 0 saturated carbocycles. The van der Waals surface area contributed by atoms with Crippen molar-refractivity contribution in [3.05, 3.63) is 65.7 Å². The Balaban J connectivity index is 1.67. The third kappa shape index (κ3) is 19.7. The molecule has 1 aliphatic rings. The lowest BCUT2D eigenvalue weighted by molar-refractivity contribution is -0.147. The lowest BCUT2D eigenvalue weighted by Crippen LogP contribution is -2.60. The molecule has 9 atom stereocenters. The molecule has 1 saturated heterocycles. The monoisotopic (exact) mass is 1050 g/mol. The molecule has 0 spiro atoms. The van der Waals surface area contributed by atoms with Crippen LogP contribution >= 0.6 is 0 Å². The van der Waals surface area contributed by atoms with E-state index in [1.54, 1.807) is 62.1 Å². The number of hydrogen-bond donors (Lipinski definition) is 7. The zero-order chi connectivity index (χ0) is 55.9. The van der Waals surface area contributed by atoms with Crippen molar-refractivity contribution in [1.82, 2.24) is 36.0 Å². The first kappa shape index (κ1) is 63.0. The number of ether oxygens (including phenoxy) is 3. The van der Waals surface area contributed by atoms with Crippen LogP contribution in [0.1, 0.15) is 105 Å². The molecule has 0 radical (unpaired) electrons. The molecule has 9 amide bonds. The van der Waals surface area contributed by atoms with Crippen LogP contribution in [0.5, 0.6) is 0 Å². The van der Waals surface area contributed by atoms with Crippen molar-refractivity contribution in [3.63, 3.8) is 0 Å². The van der Waals surface area contributed by atoms with Crippen LogP contribution < -0.4 is 38.1 Å². The molecule has 21 heteroatoms. The minimum absolute atomic E-state index is 0.0326. The number of amides is 9. The summed E-state index contributed by atoms with van der Waals surface area (Å²) in [4.78, 5) is 111. The van der Waals surface area contributed by atoms with Crippen LogP contribution in [0.2, 0.25) is 0 Å². The lowest BCUT2D eigenvalue weighted by Gasteiger charge is -2.41. The Morgan fingerprint density at radius 3 is 2.03 bits per heavy atom. The number of rotatable bonds is 30. The second-order valence-corrected chi connectivity index (χ2v) is 20.3. The number of nitrogens with one attached hydrogen (secondary N) is 5. The molecule has 1 fully saturated rings. The van der Waals surface area contributed by atoms with Crippen molar-refractivity contribution < 1.29 is 52.6 Å². The third-order valence-electron chi connectivity index (χ3n) is 13.8. The van der Waals surface area contributed by atoms with E-state index in [4.69, 9.17) is 25.7 Å². The van der Waals surface area contributed by atoms with Crippen LogP contribution in [-0.4, -0.2) is 159 Å². The van der Waals surface area contributed by atoms with Crippen LogP contribution in [0, 0.1) is 17.8 Å². The Morgan fingerprint density at radius 1 is 0.787 bits per heavy atom. The number of anilines is 1. The fraction of sp³-hybridized carbons (Fsp3) is 0.630. The number of likely N-dealkylation sites (N-methyl/N-ethyl adjacent to an activating group) is 2. The number of benzene rings is 2. The number of nitrogens with zero attached hydrogens (tertiary/aromatic N) is 3. The molecule has 1 aliphatic heterocycles. The standard InChI is InChI=1S/C54H86N10O11/c1-12-35(6)49(43(74-11)30-46(67)64-27-17-21-41(64)42(73-10)29-44(65)58-36(7)28-37-18-14-13-15-19-37)62(8)52(70)47(33(2)3)61-51(69)48(34(4)5)63(9)54(72)75-32-38-22-24-39(25-23-38)59-50(68)40(60-45(66)31-55)20-16-26-57-53(56)71/h13-15,18-19,22-25,33-36,40-43,47-49H,12,16-17,20-21,26-32,55H2,1-11H3,(H,58,65)(H,59,68)(H,60,66)(H,61,69)(H3,56,57,71)/t35-,36+,40-,41-,42+,43+,47-,48-,49-/m0/s1. The molecule has 1 heterocycles. The van der Waals surface area contributed by atoms with E-state index in [0.717, 1.165) is 12.0 Å². The number of carbonyl (C=O) groups is 8. The van der Waals surface area contributed by atoms with Crippen LogP contribution in [0.4, 0.5) is 15.3 Å². The SMILES string of the molecule is CC[C@H](C)[C@@H]([C@@H](CC(=O)N1CCC[C@H]1[C@@H](CC(=O)N[C@H](C)Cc1ccccc1)OC)OC)N(C)C(=O)[C@@H](NC(=O)[C@H](C(C)C)N(C)C(=O)OCc1ccc(NC(=O)[C@H](CCCNC(N)=O)NC(=O)CN)cc1)C(C)C. The predicted octanol–water partition coefficient (Wildman–Crippen LogP) is 3.67. The molecule has 418 valence electrons. The summed E-state index contributed by atoms with van der Waals surface area (Å²) >= 11 is 0. The first-order chi connectivity index (χ1) is 35.6. The zero-order valence-corrected chi connectivity index (χ0v) is 46.0. The Bertz CT molecular complexity index is 2160. The van der Waals surface area contributed by atoms with Gasteiger partial charge in [0.2, 0.25) is 35.4 Å². The van der Waals surface area contributed by atoms with Gasteiger partial charge in [-0.25, -0.2) is 9.59 Å². The molecule has 0 bridgehead atoms. The Labute approximate surface area is 443 Å². The third-order valence-corrected chi connectivity index (χ3v) is 13.8. The van der Waals surface area contributed by atoms with E-state index in [2.05, 4.69) is 26.6 Å². The van der Waals surface area contributed by atoms with E-state index in [1.807, 2.05) is 65.0 Å². The summed E-state index contributed by atoms with van der Waals surface area (Å²) in [5.74, 6) is -3.20. The van der Waals surface area contributed by atoms with Crippen LogP contribution in [0.3, 0.4) is 0 Å². The Hall–Kier alpha value is -6.32. The highest BCUT2D eigenvalue weighted by Gasteiger charge is 2.42. The summed E-state index contributed by atoms with van der Waals surface area (Å²) in [5, 5.41) is 13.8. The van der Waals surface area contributed by atoms with Crippen molar-refractivity contribution in [2.75, 3.05) is 53.3 Å². The fourth-order valence-corrected chi connectivity index (χ4v) is 9.63. The Kier molecular flexibility index (Phi) is 26.5. The molecule has 2 aromatic carbocycles. The number of likely N-dealkylation sites (tertiary alicyclic amines) is 1. The van der Waals surface area contributed by atoms with Crippen LogP contribution in [0.15, 0.2) is 54.6 Å². The van der Waals surface area contributed by atoms with Gasteiger partial charge in [0.25, 0.3) is 0 Å². The second kappa shape index (κ2) is 31.5. The molecule has 3 rings (SSSR count). The summed E-state index contributed by atoms with van der Waals surface area (Å²) in [5.41, 5.74) is 12.6. The minimum atomic E-state index is -1.03. The molecule has 9 N–H and O–H groups in total. The van der Waals surface area contributed by atoms with Crippen molar-refractivity contribution in [3.8, 4) is 0 Å². The van der Waals surface area contributed by atoms with Gasteiger partial charge in [-0.2, -0.15) is 0 Å². The maximum Gasteiger partial charge on any atom is 0.410 e. The molecule has 2 aromatic rings. The lowest BCUT2D eigenvalue weighted by atomic mass is 9.89. The minimum Gasteiger partial charge on any atom is -0.445 e. The van der Waals surface area contributed by atoms with Gasteiger partial charge in [-0.05, 0) is 80.0 Å². The highest BCUT2D eigenvalue weighted by molar-refractivity contribution is 5.97. The van der Waals surface area contributed by atoms with E-state index in [-0.39, 0.29) is 80.6 Å². The topological polar surface area (TPSA) is 286 Å². The van der Waals surface area contributed by atoms with Crippen LogP contribution in [0.25, 0.3) is 0 Å². The first-order valence-corrected chi connectivity index (χ1v) is 26.1. The van der Waals surface area contributed by atoms with Gasteiger partial charge in [-0.15, -0.1) is 0 Å².